The van der Waals surface area contributed by atoms with Crippen LogP contribution in [0.3, 0.4) is 0 Å². The van der Waals surface area contributed by atoms with Crippen LogP contribution in [0.1, 0.15) is 53.9 Å². The quantitative estimate of drug-likeness (QED) is 0.719. The zero-order chi connectivity index (χ0) is 11.4. The monoisotopic (exact) mass is 202 g/mol. The van der Waals surface area contributed by atoms with Crippen molar-refractivity contribution in [1.29, 1.82) is 0 Å². The number of aliphatic hydroxyl groups is 2. The van der Waals surface area contributed by atoms with Crippen molar-refractivity contribution in [2.75, 3.05) is 6.61 Å². The first-order valence-corrected chi connectivity index (χ1v) is 5.57. The third-order valence-electron chi connectivity index (χ3n) is 2.94. The molecule has 0 amide bonds. The summed E-state index contributed by atoms with van der Waals surface area (Å²) in [6.45, 7) is 10.2. The average Bonchev–Trinajstić information content (AvgIpc) is 2.11. The number of aliphatic hydroxyl groups excluding tert-OH is 2. The van der Waals surface area contributed by atoms with Crippen molar-refractivity contribution in [2.24, 2.45) is 10.8 Å². The zero-order valence-electron chi connectivity index (χ0n) is 10.3. The molecular formula is C12H26O2. The summed E-state index contributed by atoms with van der Waals surface area (Å²) in [6, 6.07) is 0. The van der Waals surface area contributed by atoms with Crippen molar-refractivity contribution < 1.29 is 10.2 Å². The normalized spacial score (nSPS) is 19.1. The predicted octanol–water partition coefficient (Wildman–Crippen LogP) is 2.58. The van der Waals surface area contributed by atoms with E-state index in [9.17, 15) is 10.2 Å². The topological polar surface area (TPSA) is 40.5 Å². The second kappa shape index (κ2) is 5.13. The third kappa shape index (κ3) is 3.58. The van der Waals surface area contributed by atoms with Crippen molar-refractivity contribution in [3.63, 3.8) is 0 Å². The summed E-state index contributed by atoms with van der Waals surface area (Å²) in [5, 5.41) is 19.6. The summed E-state index contributed by atoms with van der Waals surface area (Å²) in [6.07, 6.45) is 2.60. The van der Waals surface area contributed by atoms with E-state index in [1.54, 1.807) is 0 Å². The molecule has 0 fully saturated rings. The Bertz CT molecular complexity index is 160. The lowest BCUT2D eigenvalue weighted by atomic mass is 9.70. The highest BCUT2D eigenvalue weighted by atomic mass is 16.3. The number of rotatable bonds is 5. The first kappa shape index (κ1) is 13.9. The summed E-state index contributed by atoms with van der Waals surface area (Å²) >= 11 is 0. The average molecular weight is 202 g/mol. The van der Waals surface area contributed by atoms with E-state index in [0.29, 0.717) is 0 Å². The molecule has 86 valence electrons. The van der Waals surface area contributed by atoms with E-state index < -0.39 is 6.10 Å². The van der Waals surface area contributed by atoms with E-state index in [0.717, 1.165) is 19.3 Å². The SMILES string of the molecule is CCCCC(C)(CO)C(O)C(C)(C)C. The molecule has 0 bridgehead atoms. The van der Waals surface area contributed by atoms with Crippen molar-refractivity contribution in [3.05, 3.63) is 0 Å². The predicted molar refractivity (Wildman–Crippen MR) is 60.2 cm³/mol. The van der Waals surface area contributed by atoms with Gasteiger partial charge in [0.1, 0.15) is 0 Å². The Morgan fingerprint density at radius 2 is 1.64 bits per heavy atom. The van der Waals surface area contributed by atoms with E-state index in [-0.39, 0.29) is 17.4 Å². The number of hydrogen-bond donors (Lipinski definition) is 2. The van der Waals surface area contributed by atoms with Crippen LogP contribution < -0.4 is 0 Å². The third-order valence-corrected chi connectivity index (χ3v) is 2.94. The molecule has 0 aromatic heterocycles. The molecule has 0 aliphatic carbocycles. The maximum Gasteiger partial charge on any atom is 0.0663 e. The molecular weight excluding hydrogens is 176 g/mol. The van der Waals surface area contributed by atoms with Crippen LogP contribution in [0.4, 0.5) is 0 Å². The minimum absolute atomic E-state index is 0.0609. The molecule has 2 heteroatoms. The number of hydrogen-bond acceptors (Lipinski definition) is 2. The van der Waals surface area contributed by atoms with E-state index >= 15 is 0 Å². The fourth-order valence-corrected chi connectivity index (χ4v) is 1.93. The fraction of sp³-hybridized carbons (Fsp3) is 1.00. The molecule has 0 saturated heterocycles. The molecule has 0 aliphatic rings. The molecule has 2 N–H and O–H groups in total. The maximum absolute atomic E-state index is 10.2. The van der Waals surface area contributed by atoms with Crippen molar-refractivity contribution in [2.45, 2.75) is 60.0 Å². The van der Waals surface area contributed by atoms with Crippen molar-refractivity contribution >= 4 is 0 Å². The fourth-order valence-electron chi connectivity index (χ4n) is 1.93. The maximum atomic E-state index is 10.2. The van der Waals surface area contributed by atoms with Gasteiger partial charge >= 0.3 is 0 Å². The summed E-state index contributed by atoms with van der Waals surface area (Å²) in [7, 11) is 0. The number of unbranched alkanes of at least 4 members (excludes halogenated alkanes) is 1. The van der Waals surface area contributed by atoms with Gasteiger partial charge in [-0.25, -0.2) is 0 Å². The van der Waals surface area contributed by atoms with Gasteiger partial charge < -0.3 is 10.2 Å². The molecule has 0 heterocycles. The summed E-state index contributed by atoms with van der Waals surface area (Å²) in [4.78, 5) is 0. The van der Waals surface area contributed by atoms with Gasteiger partial charge in [0.05, 0.1) is 12.7 Å². The van der Waals surface area contributed by atoms with Crippen molar-refractivity contribution in [3.8, 4) is 0 Å². The second-order valence-corrected chi connectivity index (χ2v) is 5.68. The van der Waals surface area contributed by atoms with Crippen LogP contribution >= 0.6 is 0 Å². The smallest absolute Gasteiger partial charge is 0.0663 e. The Kier molecular flexibility index (Phi) is 5.10. The van der Waals surface area contributed by atoms with Gasteiger partial charge in [0.25, 0.3) is 0 Å². The van der Waals surface area contributed by atoms with E-state index in [1.165, 1.54) is 0 Å². The lowest BCUT2D eigenvalue weighted by Crippen LogP contribution is -2.44. The van der Waals surface area contributed by atoms with Gasteiger partial charge in [-0.1, -0.05) is 47.5 Å². The highest BCUT2D eigenvalue weighted by Crippen LogP contribution is 2.37. The van der Waals surface area contributed by atoms with Gasteiger partial charge in [-0.2, -0.15) is 0 Å². The molecule has 0 aliphatic heterocycles. The molecule has 0 radical (unpaired) electrons. The lowest BCUT2D eigenvalue weighted by Gasteiger charge is -2.40. The Morgan fingerprint density at radius 3 is 1.93 bits per heavy atom. The van der Waals surface area contributed by atoms with E-state index in [1.807, 2.05) is 27.7 Å². The van der Waals surface area contributed by atoms with E-state index in [4.69, 9.17) is 0 Å². The standard InChI is InChI=1S/C12H26O2/c1-6-7-8-12(5,9-13)10(14)11(2,3)4/h10,13-14H,6-9H2,1-5H3. The van der Waals surface area contributed by atoms with Crippen LogP contribution in [0.2, 0.25) is 0 Å². The summed E-state index contributed by atoms with van der Waals surface area (Å²) in [5.74, 6) is 0. The van der Waals surface area contributed by atoms with Gasteiger partial charge in [-0.05, 0) is 11.8 Å². The minimum atomic E-state index is -0.452. The highest BCUT2D eigenvalue weighted by molar-refractivity contribution is 4.88. The van der Waals surface area contributed by atoms with Crippen LogP contribution in [0.25, 0.3) is 0 Å². The van der Waals surface area contributed by atoms with Gasteiger partial charge in [0.15, 0.2) is 0 Å². The Morgan fingerprint density at radius 1 is 1.14 bits per heavy atom. The van der Waals surface area contributed by atoms with E-state index in [2.05, 4.69) is 6.92 Å². The lowest BCUT2D eigenvalue weighted by molar-refractivity contribution is -0.0722. The van der Waals surface area contributed by atoms with Crippen molar-refractivity contribution in [1.82, 2.24) is 0 Å². The highest BCUT2D eigenvalue weighted by Gasteiger charge is 2.39. The van der Waals surface area contributed by atoms with Crippen LogP contribution in [0, 0.1) is 10.8 Å². The Hall–Kier alpha value is -0.0800. The molecule has 0 spiro atoms. The molecule has 0 aromatic rings. The summed E-state index contributed by atoms with van der Waals surface area (Å²) < 4.78 is 0. The van der Waals surface area contributed by atoms with Crippen LogP contribution in [0.5, 0.6) is 0 Å². The van der Waals surface area contributed by atoms with Crippen LogP contribution in [0.15, 0.2) is 0 Å². The first-order valence-electron chi connectivity index (χ1n) is 5.57. The molecule has 2 atom stereocenters. The van der Waals surface area contributed by atoms with Gasteiger partial charge in [-0.3, -0.25) is 0 Å². The van der Waals surface area contributed by atoms with Gasteiger partial charge in [-0.15, -0.1) is 0 Å². The van der Waals surface area contributed by atoms with Gasteiger partial charge in [0, 0.05) is 5.41 Å². The second-order valence-electron chi connectivity index (χ2n) is 5.68. The van der Waals surface area contributed by atoms with Crippen LogP contribution in [-0.2, 0) is 0 Å². The molecule has 14 heavy (non-hydrogen) atoms. The molecule has 2 unspecified atom stereocenters. The first-order chi connectivity index (χ1) is 6.28. The molecule has 2 nitrogen and oxygen atoms in total. The largest absolute Gasteiger partial charge is 0.396 e. The van der Waals surface area contributed by atoms with Gasteiger partial charge in [0.2, 0.25) is 0 Å². The minimum Gasteiger partial charge on any atom is -0.396 e. The molecule has 0 aromatic carbocycles. The zero-order valence-corrected chi connectivity index (χ0v) is 10.3. The molecule has 0 rings (SSSR count). The van der Waals surface area contributed by atoms with Crippen LogP contribution in [-0.4, -0.2) is 22.9 Å². The Labute approximate surface area is 88.3 Å². The summed E-state index contributed by atoms with van der Waals surface area (Å²) in [5.41, 5.74) is -0.514. The molecule has 0 saturated carbocycles. The Balaban J connectivity index is 4.50.